The Morgan fingerprint density at radius 3 is 2.50 bits per heavy atom. The number of amides is 2. The van der Waals surface area contributed by atoms with Crippen molar-refractivity contribution in [3.05, 3.63) is 87.5 Å². The molecule has 0 spiro atoms. The van der Waals surface area contributed by atoms with E-state index in [4.69, 9.17) is 21.1 Å². The molecule has 3 aromatic rings. The number of furan rings is 1. The van der Waals surface area contributed by atoms with Gasteiger partial charge < -0.3 is 9.52 Å². The number of ketones is 1. The van der Waals surface area contributed by atoms with Crippen molar-refractivity contribution >= 4 is 52.3 Å². The van der Waals surface area contributed by atoms with Crippen molar-refractivity contribution in [1.29, 1.82) is 0 Å². The molecule has 1 N–H and O–H groups in total. The molecule has 1 aliphatic heterocycles. The highest BCUT2D eigenvalue weighted by Gasteiger charge is 2.36. The Morgan fingerprint density at radius 2 is 1.78 bits per heavy atom. The molecule has 2 amide bonds. The van der Waals surface area contributed by atoms with Crippen LogP contribution in [0.4, 0.5) is 4.79 Å². The first-order valence-corrected chi connectivity index (χ1v) is 10.5. The number of Topliss-reactive ketones (excluding diaryl/α,β-unsaturated/α-hetero) is 1. The van der Waals surface area contributed by atoms with E-state index in [0.29, 0.717) is 39.4 Å². The first-order chi connectivity index (χ1) is 15.3. The van der Waals surface area contributed by atoms with Gasteiger partial charge in [-0.2, -0.15) is 0 Å². The predicted molar refractivity (Wildman–Crippen MR) is 120 cm³/mol. The van der Waals surface area contributed by atoms with Crippen LogP contribution in [0, 0.1) is 0 Å². The average molecular weight is 468 g/mol. The van der Waals surface area contributed by atoms with Crippen LogP contribution in [-0.4, -0.2) is 39.5 Å². The number of aromatic carboxylic acids is 1. The van der Waals surface area contributed by atoms with Gasteiger partial charge in [-0.15, -0.1) is 0 Å². The summed E-state index contributed by atoms with van der Waals surface area (Å²) in [6.45, 7) is -0.380. The normalized spacial score (nSPS) is 14.9. The molecule has 1 fully saturated rings. The summed E-state index contributed by atoms with van der Waals surface area (Å²) in [4.78, 5) is 49.6. The maximum Gasteiger partial charge on any atom is 0.335 e. The number of carboxylic acids is 1. The van der Waals surface area contributed by atoms with E-state index in [2.05, 4.69) is 0 Å². The summed E-state index contributed by atoms with van der Waals surface area (Å²) in [7, 11) is 0. The van der Waals surface area contributed by atoms with Gasteiger partial charge in [0.25, 0.3) is 11.1 Å². The van der Waals surface area contributed by atoms with Gasteiger partial charge in [-0.25, -0.2) is 4.79 Å². The van der Waals surface area contributed by atoms with E-state index in [1.807, 2.05) is 0 Å². The summed E-state index contributed by atoms with van der Waals surface area (Å²) >= 11 is 6.53. The Labute approximate surface area is 191 Å². The number of rotatable bonds is 6. The van der Waals surface area contributed by atoms with Gasteiger partial charge in [-0.1, -0.05) is 23.7 Å². The number of halogens is 1. The molecule has 32 heavy (non-hydrogen) atoms. The van der Waals surface area contributed by atoms with Crippen LogP contribution in [-0.2, 0) is 4.79 Å². The highest BCUT2D eigenvalue weighted by Crippen LogP contribution is 2.33. The van der Waals surface area contributed by atoms with Crippen molar-refractivity contribution in [2.45, 2.75) is 0 Å². The molecule has 0 aliphatic carbocycles. The molecule has 4 rings (SSSR count). The lowest BCUT2D eigenvalue weighted by atomic mass is 10.1. The van der Waals surface area contributed by atoms with E-state index in [1.165, 1.54) is 30.3 Å². The molecule has 0 atom stereocenters. The summed E-state index contributed by atoms with van der Waals surface area (Å²) < 4.78 is 5.70. The Hall–Kier alpha value is -3.62. The number of imide groups is 1. The zero-order valence-electron chi connectivity index (χ0n) is 16.3. The van der Waals surface area contributed by atoms with E-state index in [9.17, 15) is 19.2 Å². The fourth-order valence-corrected chi connectivity index (χ4v) is 3.97. The minimum atomic E-state index is -1.06. The van der Waals surface area contributed by atoms with Crippen LogP contribution in [0.15, 0.2) is 70.0 Å². The second-order valence-corrected chi connectivity index (χ2v) is 8.22. The van der Waals surface area contributed by atoms with E-state index >= 15 is 0 Å². The molecule has 1 aliphatic rings. The van der Waals surface area contributed by atoms with Gasteiger partial charge >= 0.3 is 5.97 Å². The molecule has 0 radical (unpaired) electrons. The molecule has 7 nitrogen and oxygen atoms in total. The van der Waals surface area contributed by atoms with E-state index in [-0.39, 0.29) is 22.8 Å². The number of nitrogens with zero attached hydrogens (tertiary/aromatic N) is 1. The first kappa shape index (κ1) is 21.6. The molecule has 2 aromatic carbocycles. The number of hydrogen-bond acceptors (Lipinski definition) is 6. The fraction of sp³-hybridized carbons (Fsp3) is 0.0435. The van der Waals surface area contributed by atoms with Crippen LogP contribution in [0.5, 0.6) is 0 Å². The lowest BCUT2D eigenvalue weighted by molar-refractivity contribution is -0.122. The second kappa shape index (κ2) is 8.86. The van der Waals surface area contributed by atoms with Crippen molar-refractivity contribution in [3.63, 3.8) is 0 Å². The van der Waals surface area contributed by atoms with E-state index < -0.39 is 17.1 Å². The third-order valence-electron chi connectivity index (χ3n) is 4.64. The van der Waals surface area contributed by atoms with Gasteiger partial charge in [0.05, 0.1) is 17.0 Å². The zero-order valence-corrected chi connectivity index (χ0v) is 17.9. The van der Waals surface area contributed by atoms with Crippen molar-refractivity contribution in [2.75, 3.05) is 6.54 Å². The summed E-state index contributed by atoms with van der Waals surface area (Å²) in [5.41, 5.74) is 1.02. The molecule has 9 heteroatoms. The molecule has 1 aromatic heterocycles. The standard InChI is InChI=1S/C23H14ClNO6S/c24-16-6-4-13(5-7-16)18(26)12-25-21(27)20(32-23(25)30)11-17-8-9-19(31-17)14-2-1-3-15(10-14)22(28)29/h1-11H,12H2,(H,28,29)/b20-11+. The molecule has 2 heterocycles. The Balaban J connectivity index is 1.51. The third kappa shape index (κ3) is 4.51. The molecular formula is C23H14ClNO6S. The molecule has 1 saturated heterocycles. The molecule has 0 unspecified atom stereocenters. The van der Waals surface area contributed by atoms with Crippen molar-refractivity contribution in [3.8, 4) is 11.3 Å². The topological polar surface area (TPSA) is 105 Å². The number of carbonyl (C=O) groups is 4. The van der Waals surface area contributed by atoms with Crippen LogP contribution in [0.25, 0.3) is 17.4 Å². The largest absolute Gasteiger partial charge is 0.478 e. The van der Waals surface area contributed by atoms with Gasteiger partial charge in [0.15, 0.2) is 5.78 Å². The highest BCUT2D eigenvalue weighted by molar-refractivity contribution is 8.18. The number of thioether (sulfide) groups is 1. The average Bonchev–Trinajstić information content (AvgIpc) is 3.34. The summed E-state index contributed by atoms with van der Waals surface area (Å²) in [5, 5.41) is 9.05. The van der Waals surface area contributed by atoms with Crippen molar-refractivity contribution in [1.82, 2.24) is 4.90 Å². The monoisotopic (exact) mass is 467 g/mol. The minimum Gasteiger partial charge on any atom is -0.478 e. The second-order valence-electron chi connectivity index (χ2n) is 6.79. The number of carboxylic acid groups (broad SMARTS) is 1. The summed E-state index contributed by atoms with van der Waals surface area (Å²) in [6, 6.07) is 15.7. The van der Waals surface area contributed by atoms with Crippen LogP contribution >= 0.6 is 23.4 Å². The maximum atomic E-state index is 12.7. The van der Waals surface area contributed by atoms with Gasteiger partial charge in [0.1, 0.15) is 11.5 Å². The molecular weight excluding hydrogens is 454 g/mol. The summed E-state index contributed by atoms with van der Waals surface area (Å²) in [6.07, 6.45) is 1.42. The van der Waals surface area contributed by atoms with Gasteiger partial charge in [-0.3, -0.25) is 19.3 Å². The zero-order chi connectivity index (χ0) is 22.8. The quantitative estimate of drug-likeness (QED) is 0.391. The Bertz CT molecular complexity index is 1280. The Kier molecular flexibility index (Phi) is 5.98. The summed E-state index contributed by atoms with van der Waals surface area (Å²) in [5.74, 6) is -1.30. The Morgan fingerprint density at radius 1 is 1.03 bits per heavy atom. The van der Waals surface area contributed by atoms with Gasteiger partial charge in [0.2, 0.25) is 0 Å². The number of carbonyl (C=O) groups excluding carboxylic acids is 3. The maximum absolute atomic E-state index is 12.7. The van der Waals surface area contributed by atoms with E-state index in [1.54, 1.807) is 36.4 Å². The van der Waals surface area contributed by atoms with Gasteiger partial charge in [0, 0.05) is 22.2 Å². The van der Waals surface area contributed by atoms with Crippen molar-refractivity contribution < 1.29 is 28.7 Å². The third-order valence-corrected chi connectivity index (χ3v) is 5.80. The highest BCUT2D eigenvalue weighted by atomic mass is 35.5. The molecule has 160 valence electrons. The number of benzene rings is 2. The number of hydrogen-bond donors (Lipinski definition) is 1. The predicted octanol–water partition coefficient (Wildman–Crippen LogP) is 5.22. The van der Waals surface area contributed by atoms with Crippen molar-refractivity contribution in [2.24, 2.45) is 0 Å². The molecule has 0 saturated carbocycles. The van der Waals surface area contributed by atoms with E-state index in [0.717, 1.165) is 4.90 Å². The molecule has 0 bridgehead atoms. The van der Waals surface area contributed by atoms with Crippen LogP contribution in [0.1, 0.15) is 26.5 Å². The first-order valence-electron chi connectivity index (χ1n) is 9.29. The minimum absolute atomic E-state index is 0.118. The van der Waals surface area contributed by atoms with Crippen LogP contribution < -0.4 is 0 Å². The smallest absolute Gasteiger partial charge is 0.335 e. The van der Waals surface area contributed by atoms with Crippen LogP contribution in [0.3, 0.4) is 0 Å². The lowest BCUT2D eigenvalue weighted by Crippen LogP contribution is -2.33. The SMILES string of the molecule is O=C(O)c1cccc(-c2ccc(/C=C3/SC(=O)N(CC(=O)c4ccc(Cl)cc4)C3=O)o2)c1. The van der Waals surface area contributed by atoms with Gasteiger partial charge in [-0.05, 0) is 60.3 Å². The van der Waals surface area contributed by atoms with Crippen LogP contribution in [0.2, 0.25) is 5.02 Å². The fourth-order valence-electron chi connectivity index (χ4n) is 3.03. The lowest BCUT2D eigenvalue weighted by Gasteiger charge is -2.11.